The van der Waals surface area contributed by atoms with E-state index in [9.17, 15) is 18.0 Å². The van der Waals surface area contributed by atoms with E-state index in [2.05, 4.69) is 15.5 Å². The molecule has 1 amide bonds. The maximum Gasteiger partial charge on any atom is 0.393 e. The first-order valence-electron chi connectivity index (χ1n) is 6.85. The van der Waals surface area contributed by atoms with Crippen molar-refractivity contribution in [1.82, 2.24) is 15.1 Å². The summed E-state index contributed by atoms with van der Waals surface area (Å²) < 4.78 is 38.2. The highest BCUT2D eigenvalue weighted by Crippen LogP contribution is 2.33. The summed E-state index contributed by atoms with van der Waals surface area (Å²) in [4.78, 5) is 13.4. The van der Waals surface area contributed by atoms with E-state index in [0.29, 0.717) is 25.3 Å². The summed E-state index contributed by atoms with van der Waals surface area (Å²) in [7, 11) is 0. The number of aromatic nitrogens is 2. The summed E-state index contributed by atoms with van der Waals surface area (Å²) in [5.74, 6) is -1.43. The number of hydrogen-bond acceptors (Lipinski definition) is 4. The number of carbonyl (C=O) groups is 1. The van der Waals surface area contributed by atoms with Crippen LogP contribution in [0.1, 0.15) is 30.3 Å². The van der Waals surface area contributed by atoms with Crippen molar-refractivity contribution < 1.29 is 18.0 Å². The Kier molecular flexibility index (Phi) is 4.64. The lowest BCUT2D eigenvalue weighted by atomic mass is 9.97. The van der Waals surface area contributed by atoms with Gasteiger partial charge in [0.15, 0.2) is 5.69 Å². The molecule has 5 nitrogen and oxygen atoms in total. The maximum atomic E-state index is 12.7. The zero-order valence-corrected chi connectivity index (χ0v) is 11.7. The number of amides is 1. The van der Waals surface area contributed by atoms with Gasteiger partial charge in [0, 0.05) is 19.6 Å². The number of hydrogen-bond donors (Lipinski definition) is 1. The van der Waals surface area contributed by atoms with Crippen LogP contribution >= 0.6 is 0 Å². The zero-order chi connectivity index (χ0) is 15.5. The van der Waals surface area contributed by atoms with Crippen LogP contribution in [0.5, 0.6) is 0 Å². The van der Waals surface area contributed by atoms with Gasteiger partial charge >= 0.3 is 6.18 Å². The van der Waals surface area contributed by atoms with Crippen molar-refractivity contribution in [3.05, 3.63) is 17.8 Å². The molecular formula is C13H17F3N4O. The Morgan fingerprint density at radius 2 is 2.19 bits per heavy atom. The first-order valence-corrected chi connectivity index (χ1v) is 6.85. The monoisotopic (exact) mass is 302 g/mol. The summed E-state index contributed by atoms with van der Waals surface area (Å²) in [5.41, 5.74) is 0.0690. The standard InChI is InChI=1S/C13H17F3N4O/c1-2-17-11-6-5-10(18-19-11)12(21)20-7-3-4-9(8-20)13(14,15)16/h5-6,9H,2-4,7-8H2,1H3,(H,17,19). The van der Waals surface area contributed by atoms with Crippen molar-refractivity contribution in [1.29, 1.82) is 0 Å². The quantitative estimate of drug-likeness (QED) is 0.931. The van der Waals surface area contributed by atoms with Gasteiger partial charge < -0.3 is 10.2 Å². The third kappa shape index (κ3) is 3.83. The van der Waals surface area contributed by atoms with Crippen molar-refractivity contribution in [2.75, 3.05) is 25.0 Å². The second kappa shape index (κ2) is 6.28. The van der Waals surface area contributed by atoms with E-state index in [-0.39, 0.29) is 18.7 Å². The maximum absolute atomic E-state index is 12.7. The normalized spacial score (nSPS) is 19.4. The van der Waals surface area contributed by atoms with Crippen LogP contribution in [0, 0.1) is 5.92 Å². The fourth-order valence-electron chi connectivity index (χ4n) is 2.31. The lowest BCUT2D eigenvalue weighted by Crippen LogP contribution is -2.44. The molecule has 1 aromatic rings. The Hall–Kier alpha value is -1.86. The highest BCUT2D eigenvalue weighted by atomic mass is 19.4. The highest BCUT2D eigenvalue weighted by Gasteiger charge is 2.42. The molecule has 0 bridgehead atoms. The molecule has 1 saturated heterocycles. The molecule has 1 unspecified atom stereocenters. The molecular weight excluding hydrogens is 285 g/mol. The molecule has 8 heteroatoms. The van der Waals surface area contributed by atoms with Crippen molar-refractivity contribution in [3.63, 3.8) is 0 Å². The number of carbonyl (C=O) groups excluding carboxylic acids is 1. The van der Waals surface area contributed by atoms with Gasteiger partial charge in [0.1, 0.15) is 5.82 Å². The van der Waals surface area contributed by atoms with Crippen LogP contribution in [0.25, 0.3) is 0 Å². The molecule has 0 saturated carbocycles. The van der Waals surface area contributed by atoms with E-state index in [1.807, 2.05) is 6.92 Å². The van der Waals surface area contributed by atoms with Gasteiger partial charge in [-0.1, -0.05) is 0 Å². The Bertz CT molecular complexity index is 489. The molecule has 1 aromatic heterocycles. The van der Waals surface area contributed by atoms with Gasteiger partial charge in [-0.05, 0) is 31.9 Å². The number of piperidine rings is 1. The summed E-state index contributed by atoms with van der Waals surface area (Å²) in [6, 6.07) is 3.07. The van der Waals surface area contributed by atoms with Crippen molar-refractivity contribution in [2.45, 2.75) is 25.9 Å². The fraction of sp³-hybridized carbons (Fsp3) is 0.615. The third-order valence-electron chi connectivity index (χ3n) is 3.41. The number of alkyl halides is 3. The predicted octanol–water partition coefficient (Wildman–Crippen LogP) is 2.32. The van der Waals surface area contributed by atoms with Crippen LogP contribution < -0.4 is 5.32 Å². The third-order valence-corrected chi connectivity index (χ3v) is 3.41. The zero-order valence-electron chi connectivity index (χ0n) is 11.7. The molecule has 1 N–H and O–H groups in total. The molecule has 116 valence electrons. The Morgan fingerprint density at radius 1 is 1.43 bits per heavy atom. The molecule has 1 aliphatic rings. The van der Waals surface area contributed by atoms with E-state index < -0.39 is 18.0 Å². The number of likely N-dealkylation sites (tertiary alicyclic amines) is 1. The summed E-state index contributed by atoms with van der Waals surface area (Å²) in [6.45, 7) is 2.58. The average Bonchev–Trinajstić information content (AvgIpc) is 2.47. The second-order valence-electron chi connectivity index (χ2n) is 4.97. The van der Waals surface area contributed by atoms with Gasteiger partial charge in [0.25, 0.3) is 5.91 Å². The summed E-state index contributed by atoms with van der Waals surface area (Å²) in [6.07, 6.45) is -3.85. The molecule has 0 aromatic carbocycles. The second-order valence-corrected chi connectivity index (χ2v) is 4.97. The van der Waals surface area contributed by atoms with Gasteiger partial charge in [-0.25, -0.2) is 0 Å². The molecule has 2 heterocycles. The molecule has 2 rings (SSSR count). The topological polar surface area (TPSA) is 58.1 Å². The van der Waals surface area contributed by atoms with Gasteiger partial charge in [-0.15, -0.1) is 10.2 Å². The largest absolute Gasteiger partial charge is 0.393 e. The Balaban J connectivity index is 2.05. The number of nitrogens with zero attached hydrogens (tertiary/aromatic N) is 3. The van der Waals surface area contributed by atoms with Crippen molar-refractivity contribution in [2.24, 2.45) is 5.92 Å². The summed E-state index contributed by atoms with van der Waals surface area (Å²) >= 11 is 0. The molecule has 0 aliphatic carbocycles. The Labute approximate surface area is 120 Å². The van der Waals surface area contributed by atoms with Gasteiger partial charge in [-0.2, -0.15) is 13.2 Å². The van der Waals surface area contributed by atoms with Crippen LogP contribution in [0.15, 0.2) is 12.1 Å². The first kappa shape index (κ1) is 15.5. The lowest BCUT2D eigenvalue weighted by molar-refractivity contribution is -0.184. The number of anilines is 1. The molecule has 0 radical (unpaired) electrons. The van der Waals surface area contributed by atoms with Crippen LogP contribution in [0.4, 0.5) is 19.0 Å². The van der Waals surface area contributed by atoms with Crippen LogP contribution in [0.3, 0.4) is 0 Å². The minimum atomic E-state index is -4.26. The number of halogens is 3. The first-order chi connectivity index (χ1) is 9.91. The predicted molar refractivity (Wildman–Crippen MR) is 70.9 cm³/mol. The Morgan fingerprint density at radius 3 is 2.76 bits per heavy atom. The smallest absolute Gasteiger partial charge is 0.369 e. The molecule has 21 heavy (non-hydrogen) atoms. The average molecular weight is 302 g/mol. The van der Waals surface area contributed by atoms with E-state index in [1.165, 1.54) is 11.0 Å². The van der Waals surface area contributed by atoms with Crippen LogP contribution in [-0.2, 0) is 0 Å². The van der Waals surface area contributed by atoms with E-state index >= 15 is 0 Å². The van der Waals surface area contributed by atoms with Crippen LogP contribution in [-0.4, -0.2) is 46.8 Å². The highest BCUT2D eigenvalue weighted by molar-refractivity contribution is 5.92. The number of rotatable bonds is 3. The summed E-state index contributed by atoms with van der Waals surface area (Å²) in [5, 5.41) is 10.5. The number of nitrogens with one attached hydrogen (secondary N) is 1. The molecule has 1 aliphatic heterocycles. The SMILES string of the molecule is CCNc1ccc(C(=O)N2CCCC(C(F)(F)F)C2)nn1. The minimum Gasteiger partial charge on any atom is -0.369 e. The molecule has 1 fully saturated rings. The minimum absolute atomic E-state index is 0.0678. The van der Waals surface area contributed by atoms with Gasteiger partial charge in [0.05, 0.1) is 5.92 Å². The van der Waals surface area contributed by atoms with Crippen molar-refractivity contribution in [3.8, 4) is 0 Å². The van der Waals surface area contributed by atoms with Crippen LogP contribution in [0.2, 0.25) is 0 Å². The van der Waals surface area contributed by atoms with E-state index in [0.717, 1.165) is 0 Å². The lowest BCUT2D eigenvalue weighted by Gasteiger charge is -2.33. The van der Waals surface area contributed by atoms with Gasteiger partial charge in [-0.3, -0.25) is 4.79 Å². The van der Waals surface area contributed by atoms with Gasteiger partial charge in [0.2, 0.25) is 0 Å². The van der Waals surface area contributed by atoms with Crippen molar-refractivity contribution >= 4 is 11.7 Å². The molecule has 1 atom stereocenters. The fourth-order valence-corrected chi connectivity index (χ4v) is 2.31. The van der Waals surface area contributed by atoms with E-state index in [1.54, 1.807) is 6.07 Å². The van der Waals surface area contributed by atoms with E-state index in [4.69, 9.17) is 0 Å². The molecule has 0 spiro atoms.